The van der Waals surface area contributed by atoms with Crippen LogP contribution >= 0.6 is 11.8 Å². The first-order valence-electron chi connectivity index (χ1n) is 5.62. The van der Waals surface area contributed by atoms with E-state index >= 15 is 0 Å². The summed E-state index contributed by atoms with van der Waals surface area (Å²) in [7, 11) is 0. The number of thioether (sulfide) groups is 1. The molecule has 0 atom stereocenters. The summed E-state index contributed by atoms with van der Waals surface area (Å²) >= 11 is 1.74. The first kappa shape index (κ1) is 11.7. The topological polar surface area (TPSA) is 56.7 Å². The second-order valence-corrected chi connectivity index (χ2v) is 5.28. The van der Waals surface area contributed by atoms with Crippen LogP contribution in [0.4, 0.5) is 0 Å². The Balaban J connectivity index is 2.08. The van der Waals surface area contributed by atoms with E-state index in [0.29, 0.717) is 12.6 Å². The van der Waals surface area contributed by atoms with Crippen LogP contribution in [0.15, 0.2) is 16.8 Å². The van der Waals surface area contributed by atoms with Gasteiger partial charge in [-0.2, -0.15) is 0 Å². The Hall–Kier alpha value is -0.810. The molecule has 0 amide bonds. The van der Waals surface area contributed by atoms with E-state index in [1.165, 1.54) is 18.4 Å². The molecule has 1 fully saturated rings. The number of nitrogens with zero attached hydrogens (tertiary/aromatic N) is 3. The van der Waals surface area contributed by atoms with Crippen molar-refractivity contribution >= 4 is 11.8 Å². The molecule has 5 heteroatoms. The second kappa shape index (κ2) is 5.01. The van der Waals surface area contributed by atoms with Crippen molar-refractivity contribution in [3.63, 3.8) is 0 Å². The van der Waals surface area contributed by atoms with Crippen LogP contribution in [0.1, 0.15) is 38.6 Å². The SMILES string of the molecule is CC(C)=CCSc1nnc(CN)n1C1CC1. The Morgan fingerprint density at radius 2 is 2.25 bits per heavy atom. The number of aromatic nitrogens is 3. The van der Waals surface area contributed by atoms with Gasteiger partial charge in [0.15, 0.2) is 5.16 Å². The van der Waals surface area contributed by atoms with E-state index in [0.717, 1.165) is 16.7 Å². The number of allylic oxidation sites excluding steroid dienone is 1. The molecule has 16 heavy (non-hydrogen) atoms. The predicted octanol–water partition coefficient (Wildman–Crippen LogP) is 2.13. The number of hydrogen-bond donors (Lipinski definition) is 1. The Bertz CT molecular complexity index is 389. The van der Waals surface area contributed by atoms with Crippen LogP contribution in [0.5, 0.6) is 0 Å². The second-order valence-electron chi connectivity index (χ2n) is 4.30. The highest BCUT2D eigenvalue weighted by atomic mass is 32.2. The van der Waals surface area contributed by atoms with Crippen molar-refractivity contribution < 1.29 is 0 Å². The summed E-state index contributed by atoms with van der Waals surface area (Å²) in [6.07, 6.45) is 4.68. The first-order valence-corrected chi connectivity index (χ1v) is 6.61. The van der Waals surface area contributed by atoms with Crippen molar-refractivity contribution in [1.29, 1.82) is 0 Å². The van der Waals surface area contributed by atoms with Gasteiger partial charge in [0.2, 0.25) is 0 Å². The maximum absolute atomic E-state index is 5.66. The molecule has 1 saturated carbocycles. The zero-order chi connectivity index (χ0) is 11.5. The van der Waals surface area contributed by atoms with Crippen LogP contribution < -0.4 is 5.73 Å². The van der Waals surface area contributed by atoms with Crippen molar-refractivity contribution in [2.75, 3.05) is 5.75 Å². The standard InChI is InChI=1S/C11H18N4S/c1-8(2)5-6-16-11-14-13-10(7-12)15(11)9-3-4-9/h5,9H,3-4,6-7,12H2,1-2H3. The minimum atomic E-state index is 0.479. The molecule has 0 aliphatic heterocycles. The van der Waals surface area contributed by atoms with E-state index in [1.54, 1.807) is 11.8 Å². The normalized spacial score (nSPS) is 15.2. The highest BCUT2D eigenvalue weighted by Gasteiger charge is 2.28. The quantitative estimate of drug-likeness (QED) is 0.630. The Labute approximate surface area is 100 Å². The lowest BCUT2D eigenvalue weighted by molar-refractivity contribution is 0.626. The van der Waals surface area contributed by atoms with Gasteiger partial charge in [-0.1, -0.05) is 23.4 Å². The highest BCUT2D eigenvalue weighted by molar-refractivity contribution is 7.99. The third-order valence-corrected chi connectivity index (χ3v) is 3.40. The zero-order valence-corrected chi connectivity index (χ0v) is 10.6. The van der Waals surface area contributed by atoms with Crippen LogP contribution in [0.2, 0.25) is 0 Å². The highest BCUT2D eigenvalue weighted by Crippen LogP contribution is 2.38. The fourth-order valence-corrected chi connectivity index (χ4v) is 2.59. The Morgan fingerprint density at radius 3 is 2.81 bits per heavy atom. The molecular weight excluding hydrogens is 220 g/mol. The molecule has 1 aromatic rings. The Morgan fingerprint density at radius 1 is 1.50 bits per heavy atom. The molecule has 0 radical (unpaired) electrons. The van der Waals surface area contributed by atoms with Crippen LogP contribution in [0, 0.1) is 0 Å². The molecule has 4 nitrogen and oxygen atoms in total. The number of hydrogen-bond acceptors (Lipinski definition) is 4. The summed E-state index contributed by atoms with van der Waals surface area (Å²) in [4.78, 5) is 0. The average molecular weight is 238 g/mol. The van der Waals surface area contributed by atoms with Crippen molar-refractivity contribution in [2.24, 2.45) is 5.73 Å². The Kier molecular flexibility index (Phi) is 3.66. The van der Waals surface area contributed by atoms with E-state index < -0.39 is 0 Å². The summed E-state index contributed by atoms with van der Waals surface area (Å²) in [5.74, 6) is 1.87. The van der Waals surface area contributed by atoms with E-state index in [2.05, 4.69) is 34.7 Å². The van der Waals surface area contributed by atoms with Gasteiger partial charge >= 0.3 is 0 Å². The van der Waals surface area contributed by atoms with Crippen LogP contribution in [0.25, 0.3) is 0 Å². The van der Waals surface area contributed by atoms with Crippen molar-refractivity contribution in [3.05, 3.63) is 17.5 Å². The van der Waals surface area contributed by atoms with Gasteiger partial charge in [0.25, 0.3) is 0 Å². The molecule has 0 bridgehead atoms. The largest absolute Gasteiger partial charge is 0.324 e. The van der Waals surface area contributed by atoms with Crippen molar-refractivity contribution in [3.8, 4) is 0 Å². The van der Waals surface area contributed by atoms with E-state index in [-0.39, 0.29) is 0 Å². The van der Waals surface area contributed by atoms with Crippen molar-refractivity contribution in [2.45, 2.75) is 44.4 Å². The van der Waals surface area contributed by atoms with Gasteiger partial charge in [0, 0.05) is 11.8 Å². The lowest BCUT2D eigenvalue weighted by atomic mass is 10.3. The van der Waals surface area contributed by atoms with Gasteiger partial charge in [-0.05, 0) is 26.7 Å². The molecule has 0 spiro atoms. The van der Waals surface area contributed by atoms with Crippen LogP contribution in [-0.2, 0) is 6.54 Å². The molecule has 1 aliphatic carbocycles. The van der Waals surface area contributed by atoms with Crippen LogP contribution in [-0.4, -0.2) is 20.5 Å². The van der Waals surface area contributed by atoms with Gasteiger partial charge in [0.05, 0.1) is 6.54 Å². The molecule has 2 rings (SSSR count). The third-order valence-electron chi connectivity index (χ3n) is 2.53. The zero-order valence-electron chi connectivity index (χ0n) is 9.81. The van der Waals surface area contributed by atoms with Gasteiger partial charge in [-0.25, -0.2) is 0 Å². The maximum Gasteiger partial charge on any atom is 0.191 e. The first-order chi connectivity index (χ1) is 7.72. The summed E-state index contributed by atoms with van der Waals surface area (Å²) in [5.41, 5.74) is 7.00. The summed E-state index contributed by atoms with van der Waals surface area (Å²) in [5, 5.41) is 9.37. The van der Waals surface area contributed by atoms with E-state index in [1.807, 2.05) is 0 Å². The van der Waals surface area contributed by atoms with Gasteiger partial charge < -0.3 is 10.3 Å². The van der Waals surface area contributed by atoms with Gasteiger partial charge in [-0.15, -0.1) is 10.2 Å². The average Bonchev–Trinajstić information content (AvgIpc) is 3.00. The van der Waals surface area contributed by atoms with Crippen LogP contribution in [0.3, 0.4) is 0 Å². The molecule has 88 valence electrons. The van der Waals surface area contributed by atoms with E-state index in [4.69, 9.17) is 5.73 Å². The lowest BCUT2D eigenvalue weighted by Crippen LogP contribution is -2.08. The van der Waals surface area contributed by atoms with E-state index in [9.17, 15) is 0 Å². The minimum Gasteiger partial charge on any atom is -0.324 e. The molecule has 1 aliphatic rings. The molecular formula is C11H18N4S. The molecule has 0 unspecified atom stereocenters. The monoisotopic (exact) mass is 238 g/mol. The minimum absolute atomic E-state index is 0.479. The third kappa shape index (κ3) is 2.65. The summed E-state index contributed by atoms with van der Waals surface area (Å²) in [6.45, 7) is 4.70. The summed E-state index contributed by atoms with van der Waals surface area (Å²) in [6, 6.07) is 0.600. The predicted molar refractivity (Wildman–Crippen MR) is 66.3 cm³/mol. The lowest BCUT2D eigenvalue weighted by Gasteiger charge is -2.06. The molecule has 2 N–H and O–H groups in total. The smallest absolute Gasteiger partial charge is 0.191 e. The van der Waals surface area contributed by atoms with Crippen molar-refractivity contribution in [1.82, 2.24) is 14.8 Å². The molecule has 0 saturated heterocycles. The molecule has 0 aromatic carbocycles. The molecule has 1 heterocycles. The maximum atomic E-state index is 5.66. The summed E-state index contributed by atoms with van der Waals surface area (Å²) < 4.78 is 2.21. The fourth-order valence-electron chi connectivity index (χ4n) is 1.53. The van der Waals surface area contributed by atoms with Gasteiger partial charge in [0.1, 0.15) is 5.82 Å². The number of rotatable bonds is 5. The number of nitrogens with two attached hydrogens (primary N) is 1. The van der Waals surface area contributed by atoms with Gasteiger partial charge in [-0.3, -0.25) is 0 Å². The fraction of sp³-hybridized carbons (Fsp3) is 0.636. The molecule has 1 aromatic heterocycles.